The first kappa shape index (κ1) is 15.2. The highest BCUT2D eigenvalue weighted by molar-refractivity contribution is 5.94. The van der Waals surface area contributed by atoms with Crippen molar-refractivity contribution < 1.29 is 28.2 Å². The fourth-order valence-corrected chi connectivity index (χ4v) is 3.02. The summed E-state index contributed by atoms with van der Waals surface area (Å²) in [5, 5.41) is 9.14. The van der Waals surface area contributed by atoms with Gasteiger partial charge in [0.2, 0.25) is 5.82 Å². The molecule has 2 fully saturated rings. The zero-order chi connectivity index (χ0) is 15.9. The Morgan fingerprint density at radius 2 is 2.14 bits per heavy atom. The molecule has 2 aliphatic heterocycles. The Bertz CT molecular complexity index is 609. The average molecular weight is 313 g/mol. The molecule has 0 aliphatic carbocycles. The molecule has 5 nitrogen and oxygen atoms in total. The van der Waals surface area contributed by atoms with Crippen molar-refractivity contribution in [3.8, 4) is 5.75 Å². The Hall–Kier alpha value is -1.73. The lowest BCUT2D eigenvalue weighted by molar-refractivity contribution is -0.126. The molecule has 22 heavy (non-hydrogen) atoms. The van der Waals surface area contributed by atoms with Gasteiger partial charge in [0.25, 0.3) is 5.91 Å². The van der Waals surface area contributed by atoms with Crippen LogP contribution in [0.3, 0.4) is 0 Å². The highest BCUT2D eigenvalue weighted by Crippen LogP contribution is 2.34. The van der Waals surface area contributed by atoms with Crippen LogP contribution in [0.4, 0.5) is 8.78 Å². The molecule has 0 aromatic heterocycles. The normalized spacial score (nSPS) is 28.3. The van der Waals surface area contributed by atoms with E-state index >= 15 is 0 Å². The molecule has 2 heterocycles. The number of carbonyl (C=O) groups excluding carboxylic acids is 1. The molecule has 0 saturated carbocycles. The number of carbonyl (C=O) groups is 1. The summed E-state index contributed by atoms with van der Waals surface area (Å²) in [4.78, 5) is 13.9. The number of amides is 1. The number of ether oxygens (including phenoxy) is 2. The standard InChI is InChI=1S/C15H17F2NO4/c1-9-15(4-6-21-9)8-18(5-7-22-15)14(20)10-2-3-11(19)13(17)12(10)16/h2-3,9,19H,4-8H2,1H3. The van der Waals surface area contributed by atoms with Crippen molar-refractivity contribution >= 4 is 5.91 Å². The van der Waals surface area contributed by atoms with Gasteiger partial charge >= 0.3 is 0 Å². The number of rotatable bonds is 1. The number of phenolic OH excluding ortho intramolecular Hbond substituents is 1. The third-order valence-electron chi connectivity index (χ3n) is 4.42. The predicted molar refractivity (Wildman–Crippen MR) is 72.6 cm³/mol. The summed E-state index contributed by atoms with van der Waals surface area (Å²) in [7, 11) is 0. The first-order chi connectivity index (χ1) is 10.4. The third-order valence-corrected chi connectivity index (χ3v) is 4.42. The Labute approximate surface area is 126 Å². The molecule has 1 amide bonds. The van der Waals surface area contributed by atoms with Crippen LogP contribution in [0, 0.1) is 11.6 Å². The maximum absolute atomic E-state index is 13.9. The van der Waals surface area contributed by atoms with E-state index in [2.05, 4.69) is 0 Å². The number of phenols is 1. The minimum Gasteiger partial charge on any atom is -0.505 e. The molecule has 2 aliphatic rings. The Morgan fingerprint density at radius 3 is 2.82 bits per heavy atom. The molecule has 0 bridgehead atoms. The van der Waals surface area contributed by atoms with Gasteiger partial charge < -0.3 is 19.5 Å². The van der Waals surface area contributed by atoms with Gasteiger partial charge in [0, 0.05) is 19.6 Å². The van der Waals surface area contributed by atoms with E-state index in [0.717, 1.165) is 12.1 Å². The van der Waals surface area contributed by atoms with Gasteiger partial charge in [-0.2, -0.15) is 4.39 Å². The molecule has 1 aromatic carbocycles. The molecule has 0 radical (unpaired) electrons. The summed E-state index contributed by atoms with van der Waals surface area (Å²) >= 11 is 0. The van der Waals surface area contributed by atoms with E-state index in [4.69, 9.17) is 14.6 Å². The van der Waals surface area contributed by atoms with Crippen molar-refractivity contribution in [2.24, 2.45) is 0 Å². The lowest BCUT2D eigenvalue weighted by atomic mass is 9.93. The second-order valence-electron chi connectivity index (χ2n) is 5.66. The van der Waals surface area contributed by atoms with Gasteiger partial charge in [0.05, 0.1) is 24.8 Å². The number of hydrogen-bond acceptors (Lipinski definition) is 4. The molecular weight excluding hydrogens is 296 g/mol. The summed E-state index contributed by atoms with van der Waals surface area (Å²) in [5.41, 5.74) is -0.973. The van der Waals surface area contributed by atoms with Gasteiger partial charge in [-0.3, -0.25) is 4.79 Å². The van der Waals surface area contributed by atoms with Gasteiger partial charge in [-0.25, -0.2) is 4.39 Å². The van der Waals surface area contributed by atoms with E-state index in [-0.39, 0.29) is 18.2 Å². The number of hydrogen-bond donors (Lipinski definition) is 1. The summed E-state index contributed by atoms with van der Waals surface area (Å²) in [6.45, 7) is 3.32. The van der Waals surface area contributed by atoms with E-state index in [0.29, 0.717) is 26.2 Å². The van der Waals surface area contributed by atoms with Gasteiger partial charge in [0.15, 0.2) is 11.6 Å². The summed E-state index contributed by atoms with van der Waals surface area (Å²) in [6.07, 6.45) is 0.495. The summed E-state index contributed by atoms with van der Waals surface area (Å²) < 4.78 is 38.6. The van der Waals surface area contributed by atoms with Crippen LogP contribution in [-0.4, -0.2) is 53.9 Å². The van der Waals surface area contributed by atoms with Gasteiger partial charge in [-0.1, -0.05) is 0 Å². The van der Waals surface area contributed by atoms with Gasteiger partial charge in [-0.15, -0.1) is 0 Å². The number of morpholine rings is 1. The highest BCUT2D eigenvalue weighted by Gasteiger charge is 2.47. The summed E-state index contributed by atoms with van der Waals surface area (Å²) in [5.74, 6) is -4.17. The van der Waals surface area contributed by atoms with E-state index in [1.807, 2.05) is 6.92 Å². The maximum Gasteiger partial charge on any atom is 0.257 e. The fourth-order valence-electron chi connectivity index (χ4n) is 3.02. The topological polar surface area (TPSA) is 59.0 Å². The molecular formula is C15H17F2NO4. The van der Waals surface area contributed by atoms with Crippen molar-refractivity contribution in [3.63, 3.8) is 0 Å². The average Bonchev–Trinajstić information content (AvgIpc) is 2.85. The lowest BCUT2D eigenvalue weighted by Crippen LogP contribution is -2.56. The number of benzene rings is 1. The fraction of sp³-hybridized carbons (Fsp3) is 0.533. The van der Waals surface area contributed by atoms with Crippen LogP contribution in [0.2, 0.25) is 0 Å². The Morgan fingerprint density at radius 1 is 1.36 bits per heavy atom. The van der Waals surface area contributed by atoms with Crippen LogP contribution in [0.25, 0.3) is 0 Å². The van der Waals surface area contributed by atoms with Crippen LogP contribution in [0.1, 0.15) is 23.7 Å². The van der Waals surface area contributed by atoms with E-state index in [1.165, 1.54) is 4.90 Å². The molecule has 7 heteroatoms. The predicted octanol–water partition coefficient (Wildman–Crippen LogP) is 1.69. The molecule has 1 aromatic rings. The summed E-state index contributed by atoms with van der Waals surface area (Å²) in [6, 6.07) is 2.07. The van der Waals surface area contributed by atoms with Crippen LogP contribution in [0.5, 0.6) is 5.75 Å². The number of aromatic hydroxyl groups is 1. The first-order valence-corrected chi connectivity index (χ1v) is 7.16. The van der Waals surface area contributed by atoms with Crippen molar-refractivity contribution in [3.05, 3.63) is 29.3 Å². The monoisotopic (exact) mass is 313 g/mol. The first-order valence-electron chi connectivity index (χ1n) is 7.16. The minimum absolute atomic E-state index is 0.162. The molecule has 1 spiro atoms. The van der Waals surface area contributed by atoms with Crippen LogP contribution < -0.4 is 0 Å². The second kappa shape index (κ2) is 5.48. The maximum atomic E-state index is 13.9. The zero-order valence-corrected chi connectivity index (χ0v) is 12.1. The van der Waals surface area contributed by atoms with Crippen molar-refractivity contribution in [1.82, 2.24) is 4.90 Å². The largest absolute Gasteiger partial charge is 0.505 e. The zero-order valence-electron chi connectivity index (χ0n) is 12.1. The van der Waals surface area contributed by atoms with E-state index < -0.39 is 28.9 Å². The number of halogens is 2. The minimum atomic E-state index is -1.41. The van der Waals surface area contributed by atoms with Gasteiger partial charge in [0.1, 0.15) is 5.60 Å². The molecule has 2 saturated heterocycles. The van der Waals surface area contributed by atoms with Gasteiger partial charge in [-0.05, 0) is 19.1 Å². The van der Waals surface area contributed by atoms with Crippen LogP contribution >= 0.6 is 0 Å². The molecule has 2 unspecified atom stereocenters. The van der Waals surface area contributed by atoms with E-state index in [9.17, 15) is 13.6 Å². The highest BCUT2D eigenvalue weighted by atomic mass is 19.2. The Balaban J connectivity index is 1.85. The molecule has 120 valence electrons. The Kier molecular flexibility index (Phi) is 3.78. The molecule has 2 atom stereocenters. The third kappa shape index (κ3) is 2.34. The molecule has 1 N–H and O–H groups in total. The smallest absolute Gasteiger partial charge is 0.257 e. The van der Waals surface area contributed by atoms with E-state index in [1.54, 1.807) is 0 Å². The van der Waals surface area contributed by atoms with Crippen molar-refractivity contribution in [2.45, 2.75) is 25.0 Å². The van der Waals surface area contributed by atoms with Crippen LogP contribution in [-0.2, 0) is 9.47 Å². The SMILES string of the molecule is CC1OCCC12CN(C(=O)c1ccc(O)c(F)c1F)CCO2. The number of nitrogens with zero attached hydrogens (tertiary/aromatic N) is 1. The van der Waals surface area contributed by atoms with Crippen molar-refractivity contribution in [1.29, 1.82) is 0 Å². The molecule has 3 rings (SSSR count). The van der Waals surface area contributed by atoms with Crippen LogP contribution in [0.15, 0.2) is 12.1 Å². The second-order valence-corrected chi connectivity index (χ2v) is 5.66. The lowest BCUT2D eigenvalue weighted by Gasteiger charge is -2.42. The van der Waals surface area contributed by atoms with Crippen molar-refractivity contribution in [2.75, 3.05) is 26.3 Å². The quantitative estimate of drug-likeness (QED) is 0.857.